The predicted molar refractivity (Wildman–Crippen MR) is 216 cm³/mol. The minimum Gasteiger partial charge on any atom is 0 e. The molecule has 320 valence electrons. The van der Waals surface area contributed by atoms with Crippen molar-refractivity contribution in [1.82, 2.24) is 0 Å². The van der Waals surface area contributed by atoms with Crippen molar-refractivity contribution >= 4 is 86.4 Å². The van der Waals surface area contributed by atoms with E-state index in [1.807, 2.05) is 22.6 Å². The van der Waals surface area contributed by atoms with Gasteiger partial charge in [0, 0.05) is 65.2 Å². The summed E-state index contributed by atoms with van der Waals surface area (Å²) in [5.74, 6) is -2.14. The third-order valence-electron chi connectivity index (χ3n) is 10.1. The van der Waals surface area contributed by atoms with Gasteiger partial charge in [0.2, 0.25) is 11.6 Å². The molecule has 4 aliphatic rings. The second-order valence-corrected chi connectivity index (χ2v) is 25.2. The fraction of sp³-hybridized carbons (Fsp3) is 0.839. The Hall–Kier alpha value is -0.161. The summed E-state index contributed by atoms with van der Waals surface area (Å²) in [6.45, 7) is 4.66. The van der Waals surface area contributed by atoms with Gasteiger partial charge in [-0.05, 0) is 46.5 Å². The third-order valence-corrected chi connectivity index (χ3v) is 10.1. The number of rotatable bonds is 9. The Kier molecular flexibility index (Phi) is 30.5. The Bertz CT molecular complexity index is 1170. The normalized spacial score (nSPS) is 30.6. The first-order chi connectivity index (χ1) is 25.0. The van der Waals surface area contributed by atoms with Gasteiger partial charge in [-0.3, -0.25) is 44.3 Å². The molecule has 4 aliphatic carbocycles. The van der Waals surface area contributed by atoms with Gasteiger partial charge in [0.15, 0.2) is 0 Å². The monoisotopic (exact) mass is 1200 g/mol. The molecule has 4 fully saturated rings. The van der Waals surface area contributed by atoms with Gasteiger partial charge in [-0.1, -0.05) is 0 Å². The molecule has 0 aromatic rings. The molecule has 3 unspecified atom stereocenters. The van der Waals surface area contributed by atoms with Crippen molar-refractivity contribution in [2.24, 2.45) is 35.1 Å². The number of nitrogens with zero attached hydrogens (tertiary/aromatic N) is 2. The number of esters is 4. The number of carbonyl (C=O) groups is 4. The molecule has 24 heteroatoms. The molecule has 1 radical (unpaired) electrons. The second kappa shape index (κ2) is 28.3. The van der Waals surface area contributed by atoms with E-state index in [9.17, 15) is 54.7 Å². The molecule has 0 saturated heterocycles. The Morgan fingerprint density at radius 1 is 0.673 bits per heavy atom. The Morgan fingerprint density at radius 3 is 1.13 bits per heavy atom. The Balaban J connectivity index is -0.000000628. The van der Waals surface area contributed by atoms with Crippen molar-refractivity contribution in [3.05, 3.63) is 25.2 Å². The van der Waals surface area contributed by atoms with Crippen LogP contribution >= 0.6 is 62.5 Å². The molecule has 4 rings (SSSR count). The van der Waals surface area contributed by atoms with E-state index in [-0.39, 0.29) is 72.0 Å². The van der Waals surface area contributed by atoms with Gasteiger partial charge in [0.05, 0.1) is 64.3 Å². The maximum atomic E-state index is 11.0. The molecule has 0 heterocycles. The van der Waals surface area contributed by atoms with Crippen LogP contribution in [-0.4, -0.2) is 118 Å². The van der Waals surface area contributed by atoms with Crippen LogP contribution in [0.4, 0.5) is 0 Å². The van der Waals surface area contributed by atoms with Crippen molar-refractivity contribution in [3.63, 3.8) is 0 Å². The van der Waals surface area contributed by atoms with Crippen molar-refractivity contribution < 1.29 is 91.3 Å². The van der Waals surface area contributed by atoms with Crippen molar-refractivity contribution in [1.29, 1.82) is 0 Å². The molecule has 0 bridgehead atoms. The van der Waals surface area contributed by atoms with Crippen molar-refractivity contribution in [2.45, 2.75) is 113 Å². The minimum absolute atomic E-state index is 0. The first-order valence-corrected chi connectivity index (χ1v) is 26.9. The Labute approximate surface area is 376 Å². The summed E-state index contributed by atoms with van der Waals surface area (Å²) >= 11 is 6.64. The fourth-order valence-corrected chi connectivity index (χ4v) is 5.95. The van der Waals surface area contributed by atoms with Crippen LogP contribution < -0.4 is 11.5 Å². The summed E-state index contributed by atoms with van der Waals surface area (Å²) in [4.78, 5) is 66.8. The smallest absolute Gasteiger partial charge is 0 e. The van der Waals surface area contributed by atoms with E-state index in [2.05, 4.69) is 63.8 Å². The molecule has 0 aromatic heterocycles. The van der Waals surface area contributed by atoms with E-state index in [0.717, 1.165) is 0 Å². The van der Waals surface area contributed by atoms with Crippen LogP contribution in [0.25, 0.3) is 0 Å². The summed E-state index contributed by atoms with van der Waals surface area (Å²) in [7, 11) is 5.89. The van der Waals surface area contributed by atoms with E-state index in [1.165, 1.54) is 35.4 Å². The summed E-state index contributed by atoms with van der Waals surface area (Å²) in [5, 5.41) is 48.5. The molecule has 55 heavy (non-hydrogen) atoms. The number of hydrogen-bond donors (Lipinski definition) is 5. The van der Waals surface area contributed by atoms with Crippen LogP contribution in [0.15, 0.2) is 0 Å². The molecule has 0 aromatic carbocycles. The van der Waals surface area contributed by atoms with Gasteiger partial charge in [0.25, 0.3) is 0 Å². The van der Waals surface area contributed by atoms with Gasteiger partial charge in [-0.25, -0.2) is 0 Å². The van der Waals surface area contributed by atoms with Gasteiger partial charge in [-0.15, -0.1) is 0 Å². The number of methoxy groups -OCH3 is 4. The fourth-order valence-electron chi connectivity index (χ4n) is 5.95. The third kappa shape index (κ3) is 17.9. The molecule has 19 nitrogen and oxygen atoms in total. The van der Waals surface area contributed by atoms with Crippen LogP contribution in [0.2, 0.25) is 0 Å². The SMILES string of the molecule is COC(=O)C1CC(C(C)O)([N+](=O)[O-])C1.COC(=O)C1CC(N)(C(C)O)C1.COC(=O)C1CC(N)(C(C)O)C1.COC(=O)C1CC([N+](=O)[O-])C1.[CH2-]I.[I][V][I].[V]. The number of aliphatic hydroxyl groups excluding tert-OH is 3. The maximum absolute atomic E-state index is 11.0. The van der Waals surface area contributed by atoms with Crippen molar-refractivity contribution in [2.75, 3.05) is 28.4 Å². The largest absolute Gasteiger partial charge is 0 e. The average molecular weight is 1210 g/mol. The number of aliphatic hydroxyl groups is 3. The van der Waals surface area contributed by atoms with Crippen LogP contribution in [0, 0.1) is 48.8 Å². The minimum atomic E-state index is -1.35. The Morgan fingerprint density at radius 2 is 0.927 bits per heavy atom. The van der Waals surface area contributed by atoms with E-state index >= 15 is 0 Å². The topological polar surface area (TPSA) is 304 Å². The first-order valence-electron chi connectivity index (χ1n) is 16.4. The zero-order valence-corrected chi connectivity index (χ0v) is 41.1. The molecule has 0 spiro atoms. The summed E-state index contributed by atoms with van der Waals surface area (Å²) in [5.41, 5.74) is 9.05. The molecule has 0 aliphatic heterocycles. The summed E-state index contributed by atoms with van der Waals surface area (Å²) < 4.78 is 18.0. The van der Waals surface area contributed by atoms with Gasteiger partial charge in [-0.2, -0.15) is 0 Å². The number of nitrogens with two attached hydrogens (primary N) is 2. The molecular weight excluding hydrogens is 1150 g/mol. The standard InChI is InChI=1S/C8H13NO5.2C8H15NO3.C6H9NO4.CH2I.2HI.2V/c1-5(10)8(9(12)13)3-6(4-8)7(11)14-2;2*1-5(10)8(9)3-6(4-8)7(11)12-2;1-11-6(8)4-2-5(3-4)7(9)10;1-2;;;;/h5-6,10H,3-4H2,1-2H3;2*5-6,10H,3-4,9H2,1-2H3;4-5H,2-3H2,1H3;1H2;2*1H;;/q;;;;-1;;;;+2/p-2. The van der Waals surface area contributed by atoms with Crippen LogP contribution in [-0.2, 0) is 66.1 Å². The summed E-state index contributed by atoms with van der Waals surface area (Å²) in [6, 6.07) is -0.529. The number of carbonyl (C=O) groups excluding carboxylic acids is 4. The molecular formula is C31H54I3N4O15V2-. The zero-order valence-electron chi connectivity index (χ0n) is 31.8. The number of halogens is 3. The van der Waals surface area contributed by atoms with Crippen LogP contribution in [0.5, 0.6) is 0 Å². The first kappa shape index (κ1) is 59.2. The zero-order chi connectivity index (χ0) is 42.8. The quantitative estimate of drug-likeness (QED) is 0.0553. The number of ether oxygens (including phenoxy) is 4. The van der Waals surface area contributed by atoms with E-state index in [4.69, 9.17) is 11.5 Å². The number of nitro groups is 2. The molecule has 4 saturated carbocycles. The van der Waals surface area contributed by atoms with Gasteiger partial charge < -0.3 is 68.3 Å². The second-order valence-electron chi connectivity index (χ2n) is 13.4. The maximum Gasteiger partial charge on any atom is 0 e. The van der Waals surface area contributed by atoms with E-state index < -0.39 is 57.8 Å². The predicted octanol–water partition coefficient (Wildman–Crippen LogP) is 2.46. The van der Waals surface area contributed by atoms with E-state index in [0.29, 0.717) is 48.0 Å². The van der Waals surface area contributed by atoms with Crippen molar-refractivity contribution in [3.8, 4) is 0 Å². The van der Waals surface area contributed by atoms with E-state index in [1.54, 1.807) is 13.8 Å². The molecule has 0 amide bonds. The summed E-state index contributed by atoms with van der Waals surface area (Å²) in [6.07, 6.45) is 0.729. The van der Waals surface area contributed by atoms with Crippen LogP contribution in [0.1, 0.15) is 72.1 Å². The van der Waals surface area contributed by atoms with Crippen LogP contribution in [0.3, 0.4) is 0 Å². The number of hydrogen-bond acceptors (Lipinski definition) is 17. The van der Waals surface area contributed by atoms with Gasteiger partial charge in [0.1, 0.15) is 6.10 Å². The average Bonchev–Trinajstić information content (AvgIpc) is 3.04. The molecule has 3 atom stereocenters. The molecule has 7 N–H and O–H groups in total. The van der Waals surface area contributed by atoms with Gasteiger partial charge >= 0.3 is 73.3 Å².